The minimum atomic E-state index is -0.148. The van der Waals surface area contributed by atoms with E-state index in [4.69, 9.17) is 5.11 Å². The smallest absolute Gasteiger partial charge is 0.0451 e. The third-order valence-electron chi connectivity index (χ3n) is 3.55. The molecule has 0 aromatic heterocycles. The van der Waals surface area contributed by atoms with Crippen LogP contribution in [0.4, 0.5) is 0 Å². The molecule has 96 valence electrons. The SMILES string of the molecule is CNC(C)(CCO)c1ccc(C(C)(C)C)cc1. The van der Waals surface area contributed by atoms with Crippen LogP contribution in [0.2, 0.25) is 0 Å². The van der Waals surface area contributed by atoms with Gasteiger partial charge in [0.2, 0.25) is 0 Å². The van der Waals surface area contributed by atoms with Crippen molar-refractivity contribution in [3.63, 3.8) is 0 Å². The van der Waals surface area contributed by atoms with Crippen molar-refractivity contribution < 1.29 is 5.11 Å². The first kappa shape index (κ1) is 14.2. The maximum absolute atomic E-state index is 9.14. The fourth-order valence-electron chi connectivity index (χ4n) is 1.98. The Labute approximate surface area is 105 Å². The highest BCUT2D eigenvalue weighted by Crippen LogP contribution is 2.27. The minimum Gasteiger partial charge on any atom is -0.396 e. The summed E-state index contributed by atoms with van der Waals surface area (Å²) in [5.41, 5.74) is 2.60. The maximum Gasteiger partial charge on any atom is 0.0451 e. The fourth-order valence-corrected chi connectivity index (χ4v) is 1.98. The number of aliphatic hydroxyl groups excluding tert-OH is 1. The van der Waals surface area contributed by atoms with E-state index in [0.717, 1.165) is 6.42 Å². The molecular weight excluding hydrogens is 210 g/mol. The molecule has 0 aliphatic heterocycles. The van der Waals surface area contributed by atoms with Gasteiger partial charge >= 0.3 is 0 Å². The molecule has 1 unspecified atom stereocenters. The summed E-state index contributed by atoms with van der Waals surface area (Å²) in [6.45, 7) is 8.96. The normalized spacial score (nSPS) is 15.6. The lowest BCUT2D eigenvalue weighted by Gasteiger charge is -2.30. The predicted molar refractivity (Wildman–Crippen MR) is 73.3 cm³/mol. The Bertz CT molecular complexity index is 350. The van der Waals surface area contributed by atoms with Gasteiger partial charge in [0.15, 0.2) is 0 Å². The lowest BCUT2D eigenvalue weighted by atomic mass is 9.83. The summed E-state index contributed by atoms with van der Waals surface area (Å²) in [6.07, 6.45) is 0.721. The molecule has 1 rings (SSSR count). The first-order valence-corrected chi connectivity index (χ1v) is 6.24. The van der Waals surface area contributed by atoms with Crippen molar-refractivity contribution in [1.82, 2.24) is 5.32 Å². The Morgan fingerprint density at radius 2 is 1.47 bits per heavy atom. The summed E-state index contributed by atoms with van der Waals surface area (Å²) < 4.78 is 0. The minimum absolute atomic E-state index is 0.148. The van der Waals surface area contributed by atoms with E-state index in [9.17, 15) is 0 Å². The molecule has 17 heavy (non-hydrogen) atoms. The molecule has 0 bridgehead atoms. The number of hydrogen-bond donors (Lipinski definition) is 2. The summed E-state index contributed by atoms with van der Waals surface area (Å²) >= 11 is 0. The quantitative estimate of drug-likeness (QED) is 0.841. The topological polar surface area (TPSA) is 32.3 Å². The zero-order valence-corrected chi connectivity index (χ0v) is 11.7. The lowest BCUT2D eigenvalue weighted by molar-refractivity contribution is 0.228. The zero-order valence-electron chi connectivity index (χ0n) is 11.7. The van der Waals surface area contributed by atoms with E-state index in [-0.39, 0.29) is 17.6 Å². The van der Waals surface area contributed by atoms with Crippen LogP contribution in [-0.2, 0) is 11.0 Å². The molecule has 2 nitrogen and oxygen atoms in total. The Hall–Kier alpha value is -0.860. The van der Waals surface area contributed by atoms with Gasteiger partial charge in [-0.15, -0.1) is 0 Å². The molecule has 0 amide bonds. The first-order valence-electron chi connectivity index (χ1n) is 6.24. The van der Waals surface area contributed by atoms with E-state index < -0.39 is 0 Å². The standard InChI is InChI=1S/C15H25NO/c1-14(2,3)12-6-8-13(9-7-12)15(4,16-5)10-11-17/h6-9,16-17H,10-11H2,1-5H3. The monoisotopic (exact) mass is 235 g/mol. The van der Waals surface area contributed by atoms with Gasteiger partial charge in [-0.3, -0.25) is 0 Å². The Morgan fingerprint density at radius 1 is 1.00 bits per heavy atom. The van der Waals surface area contributed by atoms with Crippen LogP contribution in [-0.4, -0.2) is 18.8 Å². The van der Waals surface area contributed by atoms with E-state index in [1.165, 1.54) is 11.1 Å². The van der Waals surface area contributed by atoms with Gasteiger partial charge in [0.05, 0.1) is 0 Å². The second kappa shape index (κ2) is 5.19. The van der Waals surface area contributed by atoms with Gasteiger partial charge in [-0.1, -0.05) is 45.0 Å². The Balaban J connectivity index is 3.01. The number of nitrogens with one attached hydrogen (secondary N) is 1. The second-order valence-electron chi connectivity index (χ2n) is 5.88. The van der Waals surface area contributed by atoms with Crippen molar-refractivity contribution >= 4 is 0 Å². The Morgan fingerprint density at radius 3 is 1.82 bits per heavy atom. The van der Waals surface area contributed by atoms with E-state index in [1.807, 2.05) is 7.05 Å². The summed E-state index contributed by atoms with van der Waals surface area (Å²) in [5, 5.41) is 12.4. The molecular formula is C15H25NO. The molecule has 0 saturated heterocycles. The molecule has 1 aromatic carbocycles. The van der Waals surface area contributed by atoms with Crippen LogP contribution >= 0.6 is 0 Å². The van der Waals surface area contributed by atoms with Crippen LogP contribution in [0.5, 0.6) is 0 Å². The largest absolute Gasteiger partial charge is 0.396 e. The van der Waals surface area contributed by atoms with E-state index in [2.05, 4.69) is 57.3 Å². The van der Waals surface area contributed by atoms with Crippen LogP contribution in [0, 0.1) is 0 Å². The maximum atomic E-state index is 9.14. The average Bonchev–Trinajstić information content (AvgIpc) is 2.28. The van der Waals surface area contributed by atoms with Gasteiger partial charge in [0, 0.05) is 12.1 Å². The van der Waals surface area contributed by atoms with E-state index >= 15 is 0 Å². The molecule has 0 radical (unpaired) electrons. The highest BCUT2D eigenvalue weighted by molar-refractivity contribution is 5.31. The Kier molecular flexibility index (Phi) is 4.34. The second-order valence-corrected chi connectivity index (χ2v) is 5.88. The van der Waals surface area contributed by atoms with Crippen molar-refractivity contribution in [2.24, 2.45) is 0 Å². The molecule has 0 fully saturated rings. The van der Waals surface area contributed by atoms with Crippen molar-refractivity contribution in [3.05, 3.63) is 35.4 Å². The van der Waals surface area contributed by atoms with Crippen molar-refractivity contribution in [3.8, 4) is 0 Å². The van der Waals surface area contributed by atoms with E-state index in [1.54, 1.807) is 0 Å². The summed E-state index contributed by atoms with van der Waals surface area (Å²) in [5.74, 6) is 0. The van der Waals surface area contributed by atoms with Gasteiger partial charge < -0.3 is 10.4 Å². The summed E-state index contributed by atoms with van der Waals surface area (Å²) in [4.78, 5) is 0. The van der Waals surface area contributed by atoms with Crippen LogP contribution in [0.3, 0.4) is 0 Å². The van der Waals surface area contributed by atoms with Crippen LogP contribution in [0.25, 0.3) is 0 Å². The zero-order chi connectivity index (χ0) is 13.1. The first-order chi connectivity index (χ1) is 7.83. The van der Waals surface area contributed by atoms with Gasteiger partial charge in [-0.05, 0) is 36.9 Å². The highest BCUT2D eigenvalue weighted by Gasteiger charge is 2.24. The number of hydrogen-bond acceptors (Lipinski definition) is 2. The fraction of sp³-hybridized carbons (Fsp3) is 0.600. The molecule has 0 spiro atoms. The molecule has 2 N–H and O–H groups in total. The third-order valence-corrected chi connectivity index (χ3v) is 3.55. The molecule has 0 heterocycles. The predicted octanol–water partition coefficient (Wildman–Crippen LogP) is 2.80. The molecule has 0 saturated carbocycles. The molecule has 2 heteroatoms. The highest BCUT2D eigenvalue weighted by atomic mass is 16.3. The van der Waals surface area contributed by atoms with Crippen molar-refractivity contribution in [1.29, 1.82) is 0 Å². The van der Waals surface area contributed by atoms with Crippen molar-refractivity contribution in [2.45, 2.75) is 45.1 Å². The van der Waals surface area contributed by atoms with Gasteiger partial charge in [0.25, 0.3) is 0 Å². The number of aliphatic hydroxyl groups is 1. The van der Waals surface area contributed by atoms with Gasteiger partial charge in [-0.25, -0.2) is 0 Å². The van der Waals surface area contributed by atoms with Crippen molar-refractivity contribution in [2.75, 3.05) is 13.7 Å². The summed E-state index contributed by atoms with van der Waals surface area (Å²) in [7, 11) is 1.94. The molecule has 0 aliphatic carbocycles. The lowest BCUT2D eigenvalue weighted by Crippen LogP contribution is -2.37. The average molecular weight is 235 g/mol. The molecule has 1 atom stereocenters. The molecule has 0 aliphatic rings. The number of rotatable bonds is 4. The van der Waals surface area contributed by atoms with Crippen LogP contribution in [0.15, 0.2) is 24.3 Å². The van der Waals surface area contributed by atoms with Gasteiger partial charge in [-0.2, -0.15) is 0 Å². The third kappa shape index (κ3) is 3.30. The van der Waals surface area contributed by atoms with E-state index in [0.29, 0.717) is 0 Å². The van der Waals surface area contributed by atoms with Gasteiger partial charge in [0.1, 0.15) is 0 Å². The van der Waals surface area contributed by atoms with Crippen LogP contribution in [0.1, 0.15) is 45.2 Å². The van der Waals surface area contributed by atoms with Crippen LogP contribution < -0.4 is 5.32 Å². The summed E-state index contributed by atoms with van der Waals surface area (Å²) in [6, 6.07) is 8.68. The molecule has 1 aromatic rings. The number of benzene rings is 1.